The van der Waals surface area contributed by atoms with E-state index in [1.165, 1.54) is 24.0 Å². The lowest BCUT2D eigenvalue weighted by molar-refractivity contribution is -0.130. The van der Waals surface area contributed by atoms with Gasteiger partial charge in [0, 0.05) is 18.0 Å². The minimum Gasteiger partial charge on any atom is -0.354 e. The van der Waals surface area contributed by atoms with Crippen LogP contribution in [0.4, 0.5) is 0 Å². The maximum absolute atomic E-state index is 12.4. The third-order valence-electron chi connectivity index (χ3n) is 4.94. The number of rotatable bonds is 3. The van der Waals surface area contributed by atoms with Crippen molar-refractivity contribution in [1.82, 2.24) is 10.6 Å². The van der Waals surface area contributed by atoms with E-state index in [-0.39, 0.29) is 29.8 Å². The summed E-state index contributed by atoms with van der Waals surface area (Å²) in [7, 11) is 0. The molecule has 3 nitrogen and oxygen atoms in total. The molecule has 3 rings (SSSR count). The van der Waals surface area contributed by atoms with Gasteiger partial charge in [-0.2, -0.15) is 0 Å². The SMILES string of the molecule is CC1(C(=O)NCC2NCCc3ccccc32)CCCC1.Cl. The molecule has 2 aliphatic rings. The fourth-order valence-electron chi connectivity index (χ4n) is 3.57. The zero-order chi connectivity index (χ0) is 14.0. The van der Waals surface area contributed by atoms with Gasteiger partial charge in [-0.15, -0.1) is 12.4 Å². The number of fused-ring (bicyclic) bond motifs is 1. The van der Waals surface area contributed by atoms with Crippen LogP contribution in [-0.2, 0) is 11.2 Å². The Bertz CT molecular complexity index is 497. The van der Waals surface area contributed by atoms with Crippen LogP contribution in [0.3, 0.4) is 0 Å². The molecule has 4 heteroatoms. The van der Waals surface area contributed by atoms with Crippen LogP contribution >= 0.6 is 12.4 Å². The van der Waals surface area contributed by atoms with E-state index in [1.807, 2.05) is 0 Å². The van der Waals surface area contributed by atoms with E-state index in [9.17, 15) is 4.79 Å². The van der Waals surface area contributed by atoms with Crippen molar-refractivity contribution in [3.05, 3.63) is 35.4 Å². The maximum Gasteiger partial charge on any atom is 0.226 e. The van der Waals surface area contributed by atoms with E-state index in [4.69, 9.17) is 0 Å². The molecular weight excluding hydrogens is 284 g/mol. The average molecular weight is 309 g/mol. The normalized spacial score (nSPS) is 23.0. The molecule has 1 aliphatic heterocycles. The monoisotopic (exact) mass is 308 g/mol. The average Bonchev–Trinajstić information content (AvgIpc) is 2.93. The number of carbonyl (C=O) groups is 1. The molecule has 0 radical (unpaired) electrons. The predicted molar refractivity (Wildman–Crippen MR) is 87.7 cm³/mol. The zero-order valence-electron chi connectivity index (χ0n) is 12.7. The second kappa shape index (κ2) is 6.80. The van der Waals surface area contributed by atoms with E-state index in [1.54, 1.807) is 0 Å². The van der Waals surface area contributed by atoms with Crippen LogP contribution in [0.15, 0.2) is 24.3 Å². The first-order valence-electron chi connectivity index (χ1n) is 7.78. The maximum atomic E-state index is 12.4. The summed E-state index contributed by atoms with van der Waals surface area (Å²) in [6.07, 6.45) is 5.53. The Morgan fingerprint density at radius 1 is 1.33 bits per heavy atom. The molecule has 1 aromatic rings. The molecule has 1 aromatic carbocycles. The number of hydrogen-bond donors (Lipinski definition) is 2. The van der Waals surface area contributed by atoms with Crippen LogP contribution in [-0.4, -0.2) is 19.0 Å². The quantitative estimate of drug-likeness (QED) is 0.901. The molecule has 0 saturated heterocycles. The van der Waals surface area contributed by atoms with E-state index in [0.717, 1.165) is 25.8 Å². The van der Waals surface area contributed by atoms with E-state index in [2.05, 4.69) is 41.8 Å². The molecule has 1 atom stereocenters. The van der Waals surface area contributed by atoms with Crippen molar-refractivity contribution in [3.8, 4) is 0 Å². The molecule has 2 N–H and O–H groups in total. The summed E-state index contributed by atoms with van der Waals surface area (Å²) in [5.74, 6) is 0.236. The van der Waals surface area contributed by atoms with Crippen molar-refractivity contribution in [2.45, 2.75) is 45.1 Å². The molecule has 0 spiro atoms. The van der Waals surface area contributed by atoms with Crippen LogP contribution in [0.25, 0.3) is 0 Å². The van der Waals surface area contributed by atoms with Gasteiger partial charge in [0.05, 0.1) is 0 Å². The third-order valence-corrected chi connectivity index (χ3v) is 4.94. The minimum absolute atomic E-state index is 0. The van der Waals surface area contributed by atoms with Crippen LogP contribution in [0.5, 0.6) is 0 Å². The summed E-state index contributed by atoms with van der Waals surface area (Å²) in [6, 6.07) is 8.81. The lowest BCUT2D eigenvalue weighted by Crippen LogP contribution is -2.43. The molecule has 116 valence electrons. The van der Waals surface area contributed by atoms with Crippen LogP contribution < -0.4 is 10.6 Å². The summed E-state index contributed by atoms with van der Waals surface area (Å²) in [4.78, 5) is 12.4. The Labute approximate surface area is 133 Å². The summed E-state index contributed by atoms with van der Waals surface area (Å²) in [5, 5.41) is 6.69. The van der Waals surface area contributed by atoms with Gasteiger partial charge in [-0.25, -0.2) is 0 Å². The number of amides is 1. The standard InChI is InChI=1S/C17H24N2O.ClH/c1-17(9-4-5-10-17)16(20)19-12-15-14-7-3-2-6-13(14)8-11-18-15;/h2-3,6-7,15,18H,4-5,8-12H2,1H3,(H,19,20);1H. The first-order valence-corrected chi connectivity index (χ1v) is 7.78. The second-order valence-corrected chi connectivity index (χ2v) is 6.43. The third kappa shape index (κ3) is 3.41. The molecule has 1 unspecified atom stereocenters. The molecule has 1 fully saturated rings. The van der Waals surface area contributed by atoms with Gasteiger partial charge in [-0.1, -0.05) is 44.0 Å². The topological polar surface area (TPSA) is 41.1 Å². The molecule has 1 heterocycles. The lowest BCUT2D eigenvalue weighted by Gasteiger charge is -2.29. The predicted octanol–water partition coefficient (Wildman–Crippen LogP) is 2.99. The number of benzene rings is 1. The number of halogens is 1. The second-order valence-electron chi connectivity index (χ2n) is 6.43. The smallest absolute Gasteiger partial charge is 0.226 e. The van der Waals surface area contributed by atoms with Crippen LogP contribution in [0.1, 0.15) is 49.8 Å². The summed E-state index contributed by atoms with van der Waals surface area (Å²) in [5.41, 5.74) is 2.63. The van der Waals surface area contributed by atoms with Gasteiger partial charge in [0.1, 0.15) is 0 Å². The Kier molecular flexibility index (Phi) is 5.28. The van der Waals surface area contributed by atoms with Gasteiger partial charge < -0.3 is 10.6 Å². The highest BCUT2D eigenvalue weighted by atomic mass is 35.5. The van der Waals surface area contributed by atoms with E-state index >= 15 is 0 Å². The van der Waals surface area contributed by atoms with Gasteiger partial charge in [-0.05, 0) is 36.9 Å². The van der Waals surface area contributed by atoms with Gasteiger partial charge in [-0.3, -0.25) is 4.79 Å². The van der Waals surface area contributed by atoms with Crippen molar-refractivity contribution >= 4 is 18.3 Å². The lowest BCUT2D eigenvalue weighted by atomic mass is 9.87. The molecule has 21 heavy (non-hydrogen) atoms. The fourth-order valence-corrected chi connectivity index (χ4v) is 3.57. The fraction of sp³-hybridized carbons (Fsp3) is 0.588. The van der Waals surface area contributed by atoms with Gasteiger partial charge in [0.2, 0.25) is 5.91 Å². The molecule has 1 amide bonds. The van der Waals surface area contributed by atoms with Crippen LogP contribution in [0.2, 0.25) is 0 Å². The molecule has 1 aliphatic carbocycles. The van der Waals surface area contributed by atoms with E-state index in [0.29, 0.717) is 6.54 Å². The first-order chi connectivity index (χ1) is 9.69. The van der Waals surface area contributed by atoms with Crippen molar-refractivity contribution < 1.29 is 4.79 Å². The molecule has 0 bridgehead atoms. The summed E-state index contributed by atoms with van der Waals surface area (Å²) in [6.45, 7) is 3.80. The highest BCUT2D eigenvalue weighted by molar-refractivity contribution is 5.85. The molecular formula is C17H25ClN2O. The largest absolute Gasteiger partial charge is 0.354 e. The number of hydrogen-bond acceptors (Lipinski definition) is 2. The van der Waals surface area contributed by atoms with Crippen LogP contribution in [0, 0.1) is 5.41 Å². The number of carbonyl (C=O) groups excluding carboxylic acids is 1. The van der Waals surface area contributed by atoms with Crippen molar-refractivity contribution in [3.63, 3.8) is 0 Å². The Hall–Kier alpha value is -1.06. The Morgan fingerprint density at radius 3 is 2.81 bits per heavy atom. The van der Waals surface area contributed by atoms with E-state index < -0.39 is 0 Å². The summed E-state index contributed by atoms with van der Waals surface area (Å²) >= 11 is 0. The molecule has 0 aromatic heterocycles. The highest BCUT2D eigenvalue weighted by Gasteiger charge is 2.36. The van der Waals surface area contributed by atoms with Gasteiger partial charge in [0.25, 0.3) is 0 Å². The van der Waals surface area contributed by atoms with Gasteiger partial charge >= 0.3 is 0 Å². The zero-order valence-corrected chi connectivity index (χ0v) is 13.5. The first kappa shape index (κ1) is 16.3. The summed E-state index contributed by atoms with van der Waals surface area (Å²) < 4.78 is 0. The van der Waals surface area contributed by atoms with Gasteiger partial charge in [0.15, 0.2) is 0 Å². The van der Waals surface area contributed by atoms with Crippen molar-refractivity contribution in [2.24, 2.45) is 5.41 Å². The van der Waals surface area contributed by atoms with Crippen molar-refractivity contribution in [1.29, 1.82) is 0 Å². The number of nitrogens with one attached hydrogen (secondary N) is 2. The highest BCUT2D eigenvalue weighted by Crippen LogP contribution is 2.37. The molecule has 1 saturated carbocycles. The Morgan fingerprint density at radius 2 is 2.05 bits per heavy atom. The Balaban J connectivity index is 0.00000161. The minimum atomic E-state index is -0.131. The van der Waals surface area contributed by atoms with Crippen molar-refractivity contribution in [2.75, 3.05) is 13.1 Å².